The number of nitrogens with zero attached hydrogens (tertiary/aromatic N) is 2. The van der Waals surface area contributed by atoms with Gasteiger partial charge in [0.05, 0.1) is 16.4 Å². The average molecular weight is 408 g/mol. The Balaban J connectivity index is 1.68. The van der Waals surface area contributed by atoms with Crippen molar-refractivity contribution in [3.8, 4) is 5.75 Å². The maximum absolute atomic E-state index is 12.4. The Morgan fingerprint density at radius 3 is 2.59 bits per heavy atom. The van der Waals surface area contributed by atoms with E-state index in [0.717, 1.165) is 37.4 Å². The normalized spacial score (nSPS) is 14.9. The Morgan fingerprint density at radius 2 is 1.89 bits per heavy atom. The fourth-order valence-corrected chi connectivity index (χ4v) is 3.59. The monoisotopic (exact) mass is 407 g/mol. The lowest BCUT2D eigenvalue weighted by Crippen LogP contribution is -2.45. The molecule has 0 atom stereocenters. The molecule has 3 rings (SSSR count). The van der Waals surface area contributed by atoms with Crippen molar-refractivity contribution in [3.63, 3.8) is 0 Å². The van der Waals surface area contributed by atoms with Gasteiger partial charge in [-0.2, -0.15) is 0 Å². The largest absolute Gasteiger partial charge is 0.483 e. The molecule has 0 radical (unpaired) electrons. The van der Waals surface area contributed by atoms with Gasteiger partial charge in [-0.15, -0.1) is 0 Å². The van der Waals surface area contributed by atoms with Gasteiger partial charge in [0.25, 0.3) is 5.91 Å². The number of carbonyl (C=O) groups excluding carboxylic acids is 1. The summed E-state index contributed by atoms with van der Waals surface area (Å²) in [5, 5.41) is 4.20. The first-order valence-corrected chi connectivity index (χ1v) is 9.60. The molecule has 0 aromatic heterocycles. The number of likely N-dealkylation sites (N-methyl/N-ethyl adjacent to an activating group) is 1. The molecule has 0 saturated carbocycles. The second kappa shape index (κ2) is 8.83. The topological polar surface area (TPSA) is 44.8 Å². The van der Waals surface area contributed by atoms with Gasteiger partial charge < -0.3 is 19.9 Å². The van der Waals surface area contributed by atoms with E-state index in [2.05, 4.69) is 22.2 Å². The number of halogens is 2. The van der Waals surface area contributed by atoms with E-state index in [1.807, 2.05) is 25.1 Å². The molecule has 27 heavy (non-hydrogen) atoms. The number of para-hydroxylation sites is 1. The number of rotatable bonds is 5. The second-order valence-electron chi connectivity index (χ2n) is 6.67. The van der Waals surface area contributed by atoms with Crippen LogP contribution in [0.1, 0.15) is 5.56 Å². The molecule has 0 bridgehead atoms. The summed E-state index contributed by atoms with van der Waals surface area (Å²) in [5.74, 6) is 0.405. The number of anilines is 2. The molecule has 1 N–H and O–H groups in total. The van der Waals surface area contributed by atoms with E-state index in [1.54, 1.807) is 18.2 Å². The van der Waals surface area contributed by atoms with Gasteiger partial charge in [0.15, 0.2) is 6.61 Å². The predicted molar refractivity (Wildman–Crippen MR) is 111 cm³/mol. The van der Waals surface area contributed by atoms with E-state index in [-0.39, 0.29) is 12.5 Å². The van der Waals surface area contributed by atoms with Crippen molar-refractivity contribution in [2.24, 2.45) is 0 Å². The molecule has 1 fully saturated rings. The highest BCUT2D eigenvalue weighted by Gasteiger charge is 2.20. The van der Waals surface area contributed by atoms with E-state index in [0.29, 0.717) is 21.5 Å². The Hall–Kier alpha value is -1.95. The molecule has 7 heteroatoms. The lowest BCUT2D eigenvalue weighted by molar-refractivity contribution is -0.118. The van der Waals surface area contributed by atoms with Crippen LogP contribution < -0.4 is 15.0 Å². The highest BCUT2D eigenvalue weighted by Crippen LogP contribution is 2.34. The van der Waals surface area contributed by atoms with Crippen molar-refractivity contribution in [1.29, 1.82) is 0 Å². The van der Waals surface area contributed by atoms with E-state index in [4.69, 9.17) is 27.9 Å². The average Bonchev–Trinajstić information content (AvgIpc) is 2.62. The van der Waals surface area contributed by atoms with Crippen LogP contribution in [-0.4, -0.2) is 50.6 Å². The van der Waals surface area contributed by atoms with Gasteiger partial charge >= 0.3 is 0 Å². The van der Waals surface area contributed by atoms with Crippen LogP contribution in [0.5, 0.6) is 5.75 Å². The van der Waals surface area contributed by atoms with Crippen LogP contribution in [0.2, 0.25) is 10.0 Å². The quantitative estimate of drug-likeness (QED) is 0.810. The molecule has 1 amide bonds. The molecular weight excluding hydrogens is 385 g/mol. The third kappa shape index (κ3) is 5.06. The first-order valence-electron chi connectivity index (χ1n) is 8.85. The fraction of sp³-hybridized carbons (Fsp3) is 0.350. The summed E-state index contributed by atoms with van der Waals surface area (Å²) in [4.78, 5) is 16.9. The van der Waals surface area contributed by atoms with Crippen LogP contribution >= 0.6 is 23.2 Å². The summed E-state index contributed by atoms with van der Waals surface area (Å²) in [5.41, 5.74) is 2.45. The van der Waals surface area contributed by atoms with Crippen molar-refractivity contribution in [1.82, 2.24) is 4.90 Å². The number of ether oxygens (including phenoxy) is 1. The van der Waals surface area contributed by atoms with Gasteiger partial charge in [-0.25, -0.2) is 0 Å². The predicted octanol–water partition coefficient (Wildman–Crippen LogP) is 4.07. The van der Waals surface area contributed by atoms with Gasteiger partial charge in [0.1, 0.15) is 5.75 Å². The molecule has 2 aromatic carbocycles. The first kappa shape index (κ1) is 19.8. The van der Waals surface area contributed by atoms with Gasteiger partial charge in [-0.3, -0.25) is 4.79 Å². The zero-order valence-electron chi connectivity index (χ0n) is 15.5. The summed E-state index contributed by atoms with van der Waals surface area (Å²) in [6, 6.07) is 10.9. The van der Waals surface area contributed by atoms with E-state index < -0.39 is 0 Å². The van der Waals surface area contributed by atoms with Gasteiger partial charge in [-0.05, 0) is 49.9 Å². The number of nitrogens with one attached hydrogen (secondary N) is 1. The molecule has 2 aromatic rings. The first-order chi connectivity index (χ1) is 12.9. The minimum Gasteiger partial charge on any atom is -0.483 e. The summed E-state index contributed by atoms with van der Waals surface area (Å²) in [7, 11) is 2.10. The van der Waals surface area contributed by atoms with Crippen molar-refractivity contribution >= 4 is 40.5 Å². The number of amides is 1. The molecule has 0 spiro atoms. The highest BCUT2D eigenvalue weighted by molar-refractivity contribution is 6.34. The standard InChI is InChI=1S/C20H23Cl2N3O2/c1-14-12-15(21)6-7-18(14)27-13-19(26)23-17-5-3-4-16(22)20(17)25-10-8-24(2)9-11-25/h3-7,12H,8-11,13H2,1-2H3,(H,23,26). The molecule has 1 heterocycles. The smallest absolute Gasteiger partial charge is 0.262 e. The van der Waals surface area contributed by atoms with Crippen LogP contribution in [0.4, 0.5) is 11.4 Å². The SMILES string of the molecule is Cc1cc(Cl)ccc1OCC(=O)Nc1cccc(Cl)c1N1CCN(C)CC1. The van der Waals surface area contributed by atoms with E-state index in [9.17, 15) is 4.79 Å². The van der Waals surface area contributed by atoms with Crippen LogP contribution in [0, 0.1) is 6.92 Å². The third-order valence-corrected chi connectivity index (χ3v) is 5.12. The third-order valence-electron chi connectivity index (χ3n) is 4.58. The van der Waals surface area contributed by atoms with Crippen LogP contribution in [-0.2, 0) is 4.79 Å². The van der Waals surface area contributed by atoms with Crippen LogP contribution in [0.25, 0.3) is 0 Å². The van der Waals surface area contributed by atoms with Crippen LogP contribution in [0.15, 0.2) is 36.4 Å². The molecule has 0 unspecified atom stereocenters. The number of aryl methyl sites for hydroxylation is 1. The molecular formula is C20H23Cl2N3O2. The zero-order valence-corrected chi connectivity index (χ0v) is 17.0. The van der Waals surface area contributed by atoms with E-state index >= 15 is 0 Å². The Kier molecular flexibility index (Phi) is 6.47. The Labute approximate surface area is 169 Å². The van der Waals surface area contributed by atoms with Gasteiger partial charge in [-0.1, -0.05) is 29.3 Å². The lowest BCUT2D eigenvalue weighted by Gasteiger charge is -2.35. The van der Waals surface area contributed by atoms with Gasteiger partial charge in [0.2, 0.25) is 0 Å². The Morgan fingerprint density at radius 1 is 1.15 bits per heavy atom. The Bertz CT molecular complexity index is 821. The number of hydrogen-bond donors (Lipinski definition) is 1. The number of carbonyl (C=O) groups is 1. The van der Waals surface area contributed by atoms with E-state index in [1.165, 1.54) is 0 Å². The number of benzene rings is 2. The second-order valence-corrected chi connectivity index (χ2v) is 7.52. The molecule has 1 saturated heterocycles. The molecule has 1 aliphatic heterocycles. The maximum atomic E-state index is 12.4. The van der Waals surface area contributed by atoms with Crippen molar-refractivity contribution in [3.05, 3.63) is 52.0 Å². The minimum absolute atomic E-state index is 0.0861. The van der Waals surface area contributed by atoms with Crippen molar-refractivity contribution in [2.75, 3.05) is 50.1 Å². The number of hydrogen-bond acceptors (Lipinski definition) is 4. The lowest BCUT2D eigenvalue weighted by atomic mass is 10.2. The van der Waals surface area contributed by atoms with Gasteiger partial charge in [0, 0.05) is 31.2 Å². The summed E-state index contributed by atoms with van der Waals surface area (Å²) in [6.07, 6.45) is 0. The fourth-order valence-electron chi connectivity index (χ4n) is 3.07. The highest BCUT2D eigenvalue weighted by atomic mass is 35.5. The summed E-state index contributed by atoms with van der Waals surface area (Å²) >= 11 is 12.4. The van der Waals surface area contributed by atoms with Crippen LogP contribution in [0.3, 0.4) is 0 Å². The summed E-state index contributed by atoms with van der Waals surface area (Å²) < 4.78 is 5.63. The molecule has 5 nitrogen and oxygen atoms in total. The zero-order chi connectivity index (χ0) is 19.4. The molecule has 144 valence electrons. The minimum atomic E-state index is -0.234. The number of piperazine rings is 1. The van der Waals surface area contributed by atoms with Crippen molar-refractivity contribution in [2.45, 2.75) is 6.92 Å². The molecule has 0 aliphatic carbocycles. The maximum Gasteiger partial charge on any atom is 0.262 e. The summed E-state index contributed by atoms with van der Waals surface area (Å²) in [6.45, 7) is 5.45. The van der Waals surface area contributed by atoms with Crippen molar-refractivity contribution < 1.29 is 9.53 Å². The molecule has 1 aliphatic rings.